The smallest absolute Gasteiger partial charge is 0.255 e. The molecule has 0 radical (unpaired) electrons. The number of rotatable bonds is 29. The first-order chi connectivity index (χ1) is 37.0. The summed E-state index contributed by atoms with van der Waals surface area (Å²) in [6.45, 7) is 7.84. The lowest BCUT2D eigenvalue weighted by Crippen LogP contribution is -2.52. The Labute approximate surface area is 444 Å². The number of piperidine rings is 2. The van der Waals surface area contributed by atoms with Crippen LogP contribution in [0.15, 0.2) is 91.3 Å². The third-order valence-electron chi connectivity index (χ3n) is 14.2. The van der Waals surface area contributed by atoms with Crippen molar-refractivity contribution in [3.05, 3.63) is 119 Å². The molecule has 0 bridgehead atoms. The molecule has 2 atom stereocenters. The molecular formula is C57H72N10O9. The van der Waals surface area contributed by atoms with Crippen molar-refractivity contribution >= 4 is 40.9 Å². The van der Waals surface area contributed by atoms with Crippen LogP contribution in [0.1, 0.15) is 128 Å². The van der Waals surface area contributed by atoms with E-state index in [-0.39, 0.29) is 49.1 Å². The molecule has 0 spiro atoms. The second-order valence-corrected chi connectivity index (χ2v) is 19.8. The lowest BCUT2D eigenvalue weighted by atomic mass is 9.86. The average Bonchev–Trinajstić information content (AvgIpc) is 4.09. The molecule has 1 unspecified atom stereocenters. The molecule has 5 heterocycles. The maximum Gasteiger partial charge on any atom is 0.255 e. The number of hydrogen-bond donors (Lipinski definition) is 5. The molecule has 5 N–H and O–H groups in total. The monoisotopic (exact) mass is 1040 g/mol. The van der Waals surface area contributed by atoms with Crippen molar-refractivity contribution in [3.8, 4) is 17.1 Å². The van der Waals surface area contributed by atoms with Gasteiger partial charge in [-0.2, -0.15) is 5.10 Å². The molecule has 0 aliphatic carbocycles. The molecule has 404 valence electrons. The molecule has 2 fully saturated rings. The van der Waals surface area contributed by atoms with Gasteiger partial charge in [-0.25, -0.2) is 4.98 Å². The molecule has 2 saturated heterocycles. The fourth-order valence-electron chi connectivity index (χ4n) is 9.75. The molecule has 3 aliphatic rings. The van der Waals surface area contributed by atoms with Gasteiger partial charge >= 0.3 is 0 Å². The van der Waals surface area contributed by atoms with Gasteiger partial charge in [0.15, 0.2) is 11.6 Å². The van der Waals surface area contributed by atoms with Crippen molar-refractivity contribution < 1.29 is 42.9 Å². The molecule has 19 nitrogen and oxygen atoms in total. The normalized spacial score (nSPS) is 16.7. The van der Waals surface area contributed by atoms with Crippen molar-refractivity contribution in [2.45, 2.75) is 108 Å². The van der Waals surface area contributed by atoms with E-state index in [1.165, 1.54) is 4.90 Å². The van der Waals surface area contributed by atoms with Crippen molar-refractivity contribution in [2.24, 2.45) is 0 Å². The Morgan fingerprint density at radius 3 is 2.25 bits per heavy atom. The highest BCUT2D eigenvalue weighted by atomic mass is 16.5. The standard InChI is InChI=1S/C57H72N10O9/c1-40(59-53(70)43-14-10-15-44(37-43)63-57(24-28-66(2)29-25-57)56-62-52(64-65-56)41-22-26-58-27-23-41)42-13-11-16-45(38-42)76-32-9-4-3-7-30-73-33-35-75-36-34-74-31-8-5-6-19-50(68)60-48-18-12-17-46-47(48)39-67(55(46)72)49-20-21-51(69)61-54(49)71/h10-18,22-23,26-27,37-38,40,49,63H,3-9,19-21,24-25,28-36,39H2,1-2H3,(H,59,70)(H,60,68)(H,61,69,71)(H,62,64,65)/t40-,49?/m1/s1. The number of aromatic amines is 1. The van der Waals surface area contributed by atoms with E-state index >= 15 is 0 Å². The highest BCUT2D eigenvalue weighted by molar-refractivity contribution is 6.06. The van der Waals surface area contributed by atoms with Crippen LogP contribution in [-0.4, -0.2) is 132 Å². The van der Waals surface area contributed by atoms with E-state index in [0.717, 1.165) is 92.8 Å². The summed E-state index contributed by atoms with van der Waals surface area (Å²) < 4.78 is 23.2. The van der Waals surface area contributed by atoms with Crippen LogP contribution < -0.4 is 26.0 Å². The second-order valence-electron chi connectivity index (χ2n) is 19.8. The van der Waals surface area contributed by atoms with Crippen LogP contribution in [0.3, 0.4) is 0 Å². The number of unbranched alkanes of at least 4 members (excludes halogenated alkanes) is 5. The lowest BCUT2D eigenvalue weighted by molar-refractivity contribution is -0.137. The number of hydrogen-bond acceptors (Lipinski definition) is 14. The summed E-state index contributed by atoms with van der Waals surface area (Å²) in [7, 11) is 2.12. The Morgan fingerprint density at radius 2 is 1.50 bits per heavy atom. The fraction of sp³-hybridized carbons (Fsp3) is 0.474. The second kappa shape index (κ2) is 27.6. The van der Waals surface area contributed by atoms with Crippen molar-refractivity contribution in [1.82, 2.24) is 40.6 Å². The largest absolute Gasteiger partial charge is 0.494 e. The fourth-order valence-corrected chi connectivity index (χ4v) is 9.75. The summed E-state index contributed by atoms with van der Waals surface area (Å²) in [5, 5.41) is 19.9. The number of benzene rings is 3. The quantitative estimate of drug-likeness (QED) is 0.0233. The first-order valence-electron chi connectivity index (χ1n) is 26.8. The molecule has 76 heavy (non-hydrogen) atoms. The van der Waals surface area contributed by atoms with Gasteiger partial charge in [-0.3, -0.25) is 39.4 Å². The molecule has 0 saturated carbocycles. The van der Waals surface area contributed by atoms with E-state index in [9.17, 15) is 24.0 Å². The molecule has 8 rings (SSSR count). The summed E-state index contributed by atoms with van der Waals surface area (Å²) in [5.41, 5.74) is 4.49. The van der Waals surface area contributed by atoms with Crippen LogP contribution in [0, 0.1) is 0 Å². The molecule has 5 aromatic rings. The molecule has 2 aromatic heterocycles. The van der Waals surface area contributed by atoms with Crippen LogP contribution >= 0.6 is 0 Å². The number of anilines is 2. The van der Waals surface area contributed by atoms with Gasteiger partial charge in [0.25, 0.3) is 11.8 Å². The Hall–Kier alpha value is -7.06. The Morgan fingerprint density at radius 1 is 0.803 bits per heavy atom. The molecule has 3 aliphatic heterocycles. The number of H-pyrrole nitrogens is 1. The molecular weight excluding hydrogens is 969 g/mol. The summed E-state index contributed by atoms with van der Waals surface area (Å²) in [6, 6.07) is 23.5. The van der Waals surface area contributed by atoms with Gasteiger partial charge in [-0.15, -0.1) is 0 Å². The number of nitrogens with zero attached hydrogens (tertiary/aromatic N) is 5. The van der Waals surface area contributed by atoms with Crippen molar-refractivity contribution in [3.63, 3.8) is 0 Å². The van der Waals surface area contributed by atoms with Gasteiger partial charge in [0.05, 0.1) is 44.6 Å². The maximum absolute atomic E-state index is 13.6. The number of carbonyl (C=O) groups is 5. The number of imide groups is 1. The van der Waals surface area contributed by atoms with Gasteiger partial charge < -0.3 is 44.7 Å². The Kier molecular flexibility index (Phi) is 20.1. The van der Waals surface area contributed by atoms with E-state index < -0.39 is 17.5 Å². The Bertz CT molecular complexity index is 2730. The minimum Gasteiger partial charge on any atom is -0.494 e. The number of aromatic nitrogens is 4. The summed E-state index contributed by atoms with van der Waals surface area (Å²) >= 11 is 0. The van der Waals surface area contributed by atoms with Gasteiger partial charge in [-0.05, 0) is 125 Å². The topological polar surface area (TPSA) is 231 Å². The van der Waals surface area contributed by atoms with Crippen LogP contribution in [0.2, 0.25) is 0 Å². The number of likely N-dealkylation sites (tertiary alicyclic amines) is 1. The highest BCUT2D eigenvalue weighted by Crippen LogP contribution is 2.36. The van der Waals surface area contributed by atoms with Gasteiger partial charge in [0.2, 0.25) is 17.7 Å². The Balaban J connectivity index is 0.627. The lowest BCUT2D eigenvalue weighted by Gasteiger charge is -2.40. The minimum absolute atomic E-state index is 0.135. The van der Waals surface area contributed by atoms with E-state index in [1.54, 1.807) is 30.6 Å². The average molecular weight is 1040 g/mol. The first-order valence-corrected chi connectivity index (χ1v) is 26.8. The molecule has 3 aromatic carbocycles. The van der Waals surface area contributed by atoms with Gasteiger partial charge in [0, 0.05) is 91.7 Å². The number of pyridine rings is 1. The maximum atomic E-state index is 13.6. The predicted molar refractivity (Wildman–Crippen MR) is 286 cm³/mol. The number of nitrogens with one attached hydrogen (secondary N) is 5. The number of amides is 5. The zero-order valence-corrected chi connectivity index (χ0v) is 43.8. The zero-order valence-electron chi connectivity index (χ0n) is 43.8. The van der Waals surface area contributed by atoms with Crippen LogP contribution in [-0.2, 0) is 40.7 Å². The number of fused-ring (bicyclic) bond motifs is 1. The van der Waals surface area contributed by atoms with E-state index in [0.29, 0.717) is 87.3 Å². The zero-order chi connectivity index (χ0) is 53.1. The predicted octanol–water partition coefficient (Wildman–Crippen LogP) is 7.34. The van der Waals surface area contributed by atoms with Crippen LogP contribution in [0.5, 0.6) is 5.75 Å². The van der Waals surface area contributed by atoms with Crippen molar-refractivity contribution in [2.75, 3.05) is 77.0 Å². The highest BCUT2D eigenvalue weighted by Gasteiger charge is 2.41. The minimum atomic E-state index is -0.706. The van der Waals surface area contributed by atoms with Gasteiger partial charge in [0.1, 0.15) is 11.8 Å². The number of ether oxygens (including phenoxy) is 4. The van der Waals surface area contributed by atoms with E-state index in [2.05, 4.69) is 48.4 Å². The van der Waals surface area contributed by atoms with Crippen molar-refractivity contribution in [1.29, 1.82) is 0 Å². The SMILES string of the molecule is C[C@@H](NC(=O)c1cccc(NC2(c3nc(-c4ccncc4)n[nH]3)CCN(C)CC2)c1)c1cccc(OCCCCCCOCCOCCOCCCCCC(=O)Nc2cccc3c2CN(C2CCC(=O)NC2=O)C3=O)c1. The van der Waals surface area contributed by atoms with Crippen LogP contribution in [0.4, 0.5) is 11.4 Å². The van der Waals surface area contributed by atoms with Crippen LogP contribution in [0.25, 0.3) is 11.4 Å². The summed E-state index contributed by atoms with van der Waals surface area (Å²) in [6.07, 6.45) is 12.2. The molecule has 5 amide bonds. The number of carbonyl (C=O) groups excluding carboxylic acids is 5. The third-order valence-corrected chi connectivity index (χ3v) is 14.2. The van der Waals surface area contributed by atoms with E-state index in [1.807, 2.05) is 67.6 Å². The summed E-state index contributed by atoms with van der Waals surface area (Å²) in [5.74, 6) is 0.801. The third kappa shape index (κ3) is 15.3. The van der Waals surface area contributed by atoms with Gasteiger partial charge in [-0.1, -0.05) is 37.1 Å². The first kappa shape index (κ1) is 55.2. The van der Waals surface area contributed by atoms with E-state index in [4.69, 9.17) is 23.9 Å². The summed E-state index contributed by atoms with van der Waals surface area (Å²) in [4.78, 5) is 76.3. The molecule has 19 heteroatoms.